The average Bonchev–Trinajstić information content (AvgIpc) is 3.19. The Morgan fingerprint density at radius 1 is 1.40 bits per heavy atom. The van der Waals surface area contributed by atoms with Crippen molar-refractivity contribution in [3.05, 3.63) is 34.8 Å². The van der Waals surface area contributed by atoms with Gasteiger partial charge in [0.2, 0.25) is 0 Å². The molecule has 0 unspecified atom stereocenters. The molecule has 0 spiro atoms. The van der Waals surface area contributed by atoms with Crippen molar-refractivity contribution in [3.8, 4) is 10.6 Å². The van der Waals surface area contributed by atoms with E-state index in [1.165, 1.54) is 11.3 Å². The topological polar surface area (TPSA) is 65.2 Å². The molecule has 0 radical (unpaired) electrons. The van der Waals surface area contributed by atoms with E-state index in [1.807, 2.05) is 31.2 Å². The minimum atomic E-state index is -0.256. The van der Waals surface area contributed by atoms with Crippen molar-refractivity contribution in [1.82, 2.24) is 4.98 Å². The zero-order chi connectivity index (χ0) is 14.1. The van der Waals surface area contributed by atoms with Crippen LogP contribution < -0.4 is 5.73 Å². The lowest BCUT2D eigenvalue weighted by atomic mass is 10.2. The van der Waals surface area contributed by atoms with E-state index < -0.39 is 0 Å². The van der Waals surface area contributed by atoms with Crippen molar-refractivity contribution < 1.29 is 9.53 Å². The second kappa shape index (κ2) is 5.25. The molecule has 1 heterocycles. The smallest absolute Gasteiger partial charge is 0.350 e. The van der Waals surface area contributed by atoms with Crippen molar-refractivity contribution in [2.24, 2.45) is 0 Å². The standard InChI is InChI=1S/C15H16N2O2S/c1-2-19-15(18)13-12(9-3-4-9)17-14(20-13)10-5-7-11(16)8-6-10/h5-9H,2-4,16H2,1H3. The quantitative estimate of drug-likeness (QED) is 0.691. The number of ether oxygens (including phenoxy) is 1. The van der Waals surface area contributed by atoms with Gasteiger partial charge in [0.15, 0.2) is 0 Å². The number of anilines is 1. The van der Waals surface area contributed by atoms with Crippen LogP contribution in [0.25, 0.3) is 10.6 Å². The number of carbonyl (C=O) groups is 1. The number of aromatic nitrogens is 1. The average molecular weight is 288 g/mol. The van der Waals surface area contributed by atoms with Crippen molar-refractivity contribution in [3.63, 3.8) is 0 Å². The number of nitrogens with zero attached hydrogens (tertiary/aromatic N) is 1. The first-order valence-corrected chi connectivity index (χ1v) is 7.54. The van der Waals surface area contributed by atoms with E-state index in [0.29, 0.717) is 17.4 Å². The Bertz CT molecular complexity index is 630. The molecule has 5 heteroatoms. The van der Waals surface area contributed by atoms with Crippen molar-refractivity contribution in [1.29, 1.82) is 0 Å². The van der Waals surface area contributed by atoms with E-state index in [0.717, 1.165) is 34.8 Å². The van der Waals surface area contributed by atoms with Gasteiger partial charge >= 0.3 is 5.97 Å². The molecule has 1 aromatic heterocycles. The molecule has 2 aromatic rings. The summed E-state index contributed by atoms with van der Waals surface area (Å²) in [6, 6.07) is 7.55. The van der Waals surface area contributed by atoms with Crippen LogP contribution in [0.4, 0.5) is 5.69 Å². The molecule has 1 saturated carbocycles. The first-order chi connectivity index (χ1) is 9.69. The van der Waals surface area contributed by atoms with Crippen LogP contribution in [0, 0.1) is 0 Å². The lowest BCUT2D eigenvalue weighted by Gasteiger charge is -1.99. The molecule has 1 aromatic carbocycles. The fourth-order valence-electron chi connectivity index (χ4n) is 2.06. The van der Waals surface area contributed by atoms with Crippen LogP contribution in [0.1, 0.15) is 41.0 Å². The maximum atomic E-state index is 12.0. The monoisotopic (exact) mass is 288 g/mol. The van der Waals surface area contributed by atoms with Crippen molar-refractivity contribution in [2.75, 3.05) is 12.3 Å². The second-order valence-corrected chi connectivity index (χ2v) is 5.85. The number of carbonyl (C=O) groups excluding carboxylic acids is 1. The summed E-state index contributed by atoms with van der Waals surface area (Å²) >= 11 is 1.41. The third-order valence-corrected chi connectivity index (χ3v) is 4.34. The molecule has 1 aliphatic carbocycles. The van der Waals surface area contributed by atoms with Gasteiger partial charge in [-0.25, -0.2) is 9.78 Å². The summed E-state index contributed by atoms with van der Waals surface area (Å²) in [6.07, 6.45) is 2.22. The first kappa shape index (κ1) is 13.1. The van der Waals surface area contributed by atoms with Gasteiger partial charge in [-0.1, -0.05) is 0 Å². The van der Waals surface area contributed by atoms with E-state index in [9.17, 15) is 4.79 Å². The van der Waals surface area contributed by atoms with E-state index in [1.54, 1.807) is 0 Å². The van der Waals surface area contributed by atoms with Crippen LogP contribution in [-0.4, -0.2) is 17.6 Å². The van der Waals surface area contributed by atoms with Gasteiger partial charge in [0, 0.05) is 17.2 Å². The molecule has 20 heavy (non-hydrogen) atoms. The summed E-state index contributed by atoms with van der Waals surface area (Å²) in [7, 11) is 0. The minimum absolute atomic E-state index is 0.256. The third-order valence-electron chi connectivity index (χ3n) is 3.24. The van der Waals surface area contributed by atoms with E-state index in [2.05, 4.69) is 4.98 Å². The van der Waals surface area contributed by atoms with Crippen LogP contribution in [0.3, 0.4) is 0 Å². The number of benzene rings is 1. The summed E-state index contributed by atoms with van der Waals surface area (Å²) in [5, 5.41) is 0.856. The molecule has 0 atom stereocenters. The molecule has 0 bridgehead atoms. The number of nitrogens with two attached hydrogens (primary N) is 1. The summed E-state index contributed by atoms with van der Waals surface area (Å²) in [5.41, 5.74) is 8.31. The minimum Gasteiger partial charge on any atom is -0.462 e. The first-order valence-electron chi connectivity index (χ1n) is 6.72. The van der Waals surface area contributed by atoms with Gasteiger partial charge in [0.05, 0.1) is 12.3 Å². The molecule has 1 aliphatic rings. The molecule has 3 rings (SSSR count). The molecule has 0 amide bonds. The van der Waals surface area contributed by atoms with Gasteiger partial charge in [-0.3, -0.25) is 0 Å². The highest BCUT2D eigenvalue weighted by molar-refractivity contribution is 7.17. The molecule has 1 fully saturated rings. The third kappa shape index (κ3) is 2.54. The Labute approximate surface area is 121 Å². The number of esters is 1. The predicted molar refractivity (Wildman–Crippen MR) is 79.9 cm³/mol. The number of thiazole rings is 1. The maximum Gasteiger partial charge on any atom is 0.350 e. The second-order valence-electron chi connectivity index (χ2n) is 4.85. The van der Waals surface area contributed by atoms with Gasteiger partial charge in [0.1, 0.15) is 9.88 Å². The van der Waals surface area contributed by atoms with Crippen molar-refractivity contribution >= 4 is 23.0 Å². The van der Waals surface area contributed by atoms with Crippen LogP contribution in [0.2, 0.25) is 0 Å². The van der Waals surface area contributed by atoms with Crippen LogP contribution in [-0.2, 0) is 4.74 Å². The lowest BCUT2D eigenvalue weighted by Crippen LogP contribution is -2.05. The normalized spacial score (nSPS) is 14.2. The van der Waals surface area contributed by atoms with Gasteiger partial charge < -0.3 is 10.5 Å². The molecule has 2 N–H and O–H groups in total. The fraction of sp³-hybridized carbons (Fsp3) is 0.333. The van der Waals surface area contributed by atoms with E-state index in [4.69, 9.17) is 10.5 Å². The van der Waals surface area contributed by atoms with E-state index in [-0.39, 0.29) is 5.97 Å². The zero-order valence-corrected chi connectivity index (χ0v) is 12.1. The summed E-state index contributed by atoms with van der Waals surface area (Å²) in [5.74, 6) is 0.168. The Hall–Kier alpha value is -1.88. The summed E-state index contributed by atoms with van der Waals surface area (Å²) in [4.78, 5) is 17.3. The maximum absolute atomic E-state index is 12.0. The fourth-order valence-corrected chi connectivity index (χ4v) is 3.11. The number of hydrogen-bond donors (Lipinski definition) is 1. The number of nitrogen functional groups attached to an aromatic ring is 1. The number of rotatable bonds is 4. The van der Waals surface area contributed by atoms with Gasteiger partial charge in [-0.15, -0.1) is 11.3 Å². The molecular formula is C15H16N2O2S. The Balaban J connectivity index is 1.98. The molecule has 0 aliphatic heterocycles. The molecule has 104 valence electrons. The van der Waals surface area contributed by atoms with Gasteiger partial charge in [0.25, 0.3) is 0 Å². The van der Waals surface area contributed by atoms with Gasteiger partial charge in [-0.05, 0) is 44.0 Å². The summed E-state index contributed by atoms with van der Waals surface area (Å²) < 4.78 is 5.13. The zero-order valence-electron chi connectivity index (χ0n) is 11.3. The molecule has 4 nitrogen and oxygen atoms in total. The Morgan fingerprint density at radius 2 is 2.10 bits per heavy atom. The highest BCUT2D eigenvalue weighted by Crippen LogP contribution is 2.44. The van der Waals surface area contributed by atoms with E-state index >= 15 is 0 Å². The summed E-state index contributed by atoms with van der Waals surface area (Å²) in [6.45, 7) is 2.20. The van der Waals surface area contributed by atoms with Crippen molar-refractivity contribution in [2.45, 2.75) is 25.7 Å². The predicted octanol–water partition coefficient (Wildman–Crippen LogP) is 3.45. The highest BCUT2D eigenvalue weighted by Gasteiger charge is 2.32. The van der Waals surface area contributed by atoms with Crippen LogP contribution in [0.15, 0.2) is 24.3 Å². The van der Waals surface area contributed by atoms with Gasteiger partial charge in [-0.2, -0.15) is 0 Å². The SMILES string of the molecule is CCOC(=O)c1sc(-c2ccc(N)cc2)nc1C1CC1. The largest absolute Gasteiger partial charge is 0.462 e. The highest BCUT2D eigenvalue weighted by atomic mass is 32.1. The lowest BCUT2D eigenvalue weighted by molar-refractivity contribution is 0.0530. The number of hydrogen-bond acceptors (Lipinski definition) is 5. The van der Waals surface area contributed by atoms with Crippen LogP contribution in [0.5, 0.6) is 0 Å². The Kier molecular flexibility index (Phi) is 3.44. The molecule has 0 saturated heterocycles. The Morgan fingerprint density at radius 3 is 2.70 bits per heavy atom. The van der Waals surface area contributed by atoms with Crippen LogP contribution >= 0.6 is 11.3 Å². The molecular weight excluding hydrogens is 272 g/mol.